The quantitative estimate of drug-likeness (QED) is 0.890. The maximum Gasteiger partial charge on any atom is 0.321 e. The molecule has 1 aromatic rings. The SMILES string of the molecule is CCCNC(=O)NC(=O)CN1C[C@H](C)Oc2cc(C)ccc21. The molecule has 120 valence electrons. The molecule has 22 heavy (non-hydrogen) atoms. The van der Waals surface area contributed by atoms with Crippen molar-refractivity contribution in [2.45, 2.75) is 33.3 Å². The molecule has 6 heteroatoms. The molecule has 1 atom stereocenters. The zero-order chi connectivity index (χ0) is 16.1. The van der Waals surface area contributed by atoms with Gasteiger partial charge >= 0.3 is 6.03 Å². The molecule has 0 aliphatic carbocycles. The number of benzene rings is 1. The molecule has 0 fully saturated rings. The Morgan fingerprint density at radius 3 is 2.91 bits per heavy atom. The third kappa shape index (κ3) is 4.13. The standard InChI is InChI=1S/C16H23N3O3/c1-4-7-17-16(21)18-15(20)10-19-9-12(3)22-14-8-11(2)5-6-13(14)19/h5-6,8,12H,4,7,9-10H2,1-3H3,(H2,17,18,20,21)/t12-/m0/s1. The van der Waals surface area contributed by atoms with Gasteiger partial charge in [0.15, 0.2) is 0 Å². The van der Waals surface area contributed by atoms with Crippen LogP contribution >= 0.6 is 0 Å². The lowest BCUT2D eigenvalue weighted by Crippen LogP contribution is -2.47. The topological polar surface area (TPSA) is 70.7 Å². The summed E-state index contributed by atoms with van der Waals surface area (Å²) < 4.78 is 5.81. The Bertz CT molecular complexity index is 560. The first kappa shape index (κ1) is 16.1. The highest BCUT2D eigenvalue weighted by atomic mass is 16.5. The number of fused-ring (bicyclic) bond motifs is 1. The van der Waals surface area contributed by atoms with Crippen LogP contribution in [0.3, 0.4) is 0 Å². The Balaban J connectivity index is 2.01. The van der Waals surface area contributed by atoms with Crippen LogP contribution in [-0.4, -0.2) is 37.7 Å². The predicted octanol–water partition coefficient (Wildman–Crippen LogP) is 1.82. The molecule has 0 radical (unpaired) electrons. The summed E-state index contributed by atoms with van der Waals surface area (Å²) in [6.45, 7) is 7.21. The number of ether oxygens (including phenoxy) is 1. The summed E-state index contributed by atoms with van der Waals surface area (Å²) in [5.74, 6) is 0.455. The molecule has 1 aromatic carbocycles. The van der Waals surface area contributed by atoms with Crippen molar-refractivity contribution in [1.82, 2.24) is 10.6 Å². The van der Waals surface area contributed by atoms with Crippen LogP contribution in [0.5, 0.6) is 5.75 Å². The third-order valence-electron chi connectivity index (χ3n) is 3.38. The van der Waals surface area contributed by atoms with Gasteiger partial charge in [0.2, 0.25) is 5.91 Å². The van der Waals surface area contributed by atoms with E-state index in [4.69, 9.17) is 4.74 Å². The number of aryl methyl sites for hydroxylation is 1. The van der Waals surface area contributed by atoms with Gasteiger partial charge in [-0.2, -0.15) is 0 Å². The van der Waals surface area contributed by atoms with E-state index in [1.807, 2.05) is 43.9 Å². The first-order valence-electron chi connectivity index (χ1n) is 7.59. The Kier molecular flexibility index (Phi) is 5.25. The smallest absolute Gasteiger partial charge is 0.321 e. The van der Waals surface area contributed by atoms with E-state index in [-0.39, 0.29) is 18.6 Å². The molecular weight excluding hydrogens is 282 g/mol. The summed E-state index contributed by atoms with van der Waals surface area (Å²) in [6.07, 6.45) is 0.825. The molecule has 2 rings (SSSR count). The molecule has 0 unspecified atom stereocenters. The second kappa shape index (κ2) is 7.15. The van der Waals surface area contributed by atoms with Gasteiger partial charge < -0.3 is 15.0 Å². The molecule has 1 heterocycles. The van der Waals surface area contributed by atoms with Gasteiger partial charge in [0.25, 0.3) is 0 Å². The first-order chi connectivity index (χ1) is 10.5. The van der Waals surface area contributed by atoms with E-state index < -0.39 is 6.03 Å². The summed E-state index contributed by atoms with van der Waals surface area (Å²) in [7, 11) is 0. The summed E-state index contributed by atoms with van der Waals surface area (Å²) in [5.41, 5.74) is 1.99. The molecule has 0 aromatic heterocycles. The van der Waals surface area contributed by atoms with Crippen LogP contribution in [0.15, 0.2) is 18.2 Å². The van der Waals surface area contributed by atoms with E-state index in [0.29, 0.717) is 13.1 Å². The van der Waals surface area contributed by atoms with Gasteiger partial charge in [0.05, 0.1) is 18.8 Å². The molecule has 0 saturated heterocycles. The van der Waals surface area contributed by atoms with Crippen molar-refractivity contribution in [3.8, 4) is 5.75 Å². The van der Waals surface area contributed by atoms with Crippen LogP contribution in [0.2, 0.25) is 0 Å². The lowest BCUT2D eigenvalue weighted by atomic mass is 10.1. The van der Waals surface area contributed by atoms with Crippen molar-refractivity contribution < 1.29 is 14.3 Å². The minimum Gasteiger partial charge on any atom is -0.487 e. The fourth-order valence-electron chi connectivity index (χ4n) is 2.41. The minimum absolute atomic E-state index is 0.00369. The number of carbonyl (C=O) groups excluding carboxylic acids is 2. The molecule has 6 nitrogen and oxygen atoms in total. The normalized spacial score (nSPS) is 16.5. The van der Waals surface area contributed by atoms with Gasteiger partial charge in [-0.15, -0.1) is 0 Å². The first-order valence-corrected chi connectivity index (χ1v) is 7.59. The van der Waals surface area contributed by atoms with Crippen LogP contribution in [0.1, 0.15) is 25.8 Å². The molecule has 0 spiro atoms. The Morgan fingerprint density at radius 2 is 2.18 bits per heavy atom. The number of urea groups is 1. The van der Waals surface area contributed by atoms with Gasteiger partial charge in [-0.1, -0.05) is 13.0 Å². The highest BCUT2D eigenvalue weighted by Crippen LogP contribution is 2.33. The van der Waals surface area contributed by atoms with E-state index in [9.17, 15) is 9.59 Å². The monoisotopic (exact) mass is 305 g/mol. The average molecular weight is 305 g/mol. The van der Waals surface area contributed by atoms with Crippen molar-refractivity contribution in [3.05, 3.63) is 23.8 Å². The lowest BCUT2D eigenvalue weighted by Gasteiger charge is -2.34. The zero-order valence-electron chi connectivity index (χ0n) is 13.3. The highest BCUT2D eigenvalue weighted by molar-refractivity contribution is 5.96. The van der Waals surface area contributed by atoms with Crippen LogP contribution in [-0.2, 0) is 4.79 Å². The summed E-state index contributed by atoms with van der Waals surface area (Å²) in [4.78, 5) is 25.5. The lowest BCUT2D eigenvalue weighted by molar-refractivity contribution is -0.118. The summed E-state index contributed by atoms with van der Waals surface area (Å²) in [5, 5.41) is 4.97. The van der Waals surface area contributed by atoms with E-state index in [0.717, 1.165) is 23.4 Å². The van der Waals surface area contributed by atoms with E-state index >= 15 is 0 Å². The fourth-order valence-corrected chi connectivity index (χ4v) is 2.41. The van der Waals surface area contributed by atoms with Gasteiger partial charge in [0.1, 0.15) is 11.9 Å². The van der Waals surface area contributed by atoms with Crippen molar-refractivity contribution in [3.63, 3.8) is 0 Å². The van der Waals surface area contributed by atoms with Crippen LogP contribution in [0, 0.1) is 6.92 Å². The Morgan fingerprint density at radius 1 is 1.41 bits per heavy atom. The van der Waals surface area contributed by atoms with E-state index in [2.05, 4.69) is 10.6 Å². The number of rotatable bonds is 4. The average Bonchev–Trinajstić information content (AvgIpc) is 2.44. The number of imide groups is 1. The van der Waals surface area contributed by atoms with E-state index in [1.165, 1.54) is 0 Å². The Labute approximate surface area is 130 Å². The molecule has 3 amide bonds. The number of nitrogens with one attached hydrogen (secondary N) is 2. The molecule has 1 aliphatic rings. The fraction of sp³-hybridized carbons (Fsp3) is 0.500. The second-order valence-electron chi connectivity index (χ2n) is 5.58. The van der Waals surface area contributed by atoms with Crippen LogP contribution < -0.4 is 20.3 Å². The van der Waals surface area contributed by atoms with Crippen molar-refractivity contribution in [1.29, 1.82) is 0 Å². The Hall–Kier alpha value is -2.24. The third-order valence-corrected chi connectivity index (χ3v) is 3.38. The number of hydrogen-bond acceptors (Lipinski definition) is 4. The van der Waals surface area contributed by atoms with Crippen molar-refractivity contribution >= 4 is 17.6 Å². The molecule has 1 aliphatic heterocycles. The minimum atomic E-state index is -0.447. The predicted molar refractivity (Wildman–Crippen MR) is 85.3 cm³/mol. The zero-order valence-corrected chi connectivity index (χ0v) is 13.3. The van der Waals surface area contributed by atoms with Crippen LogP contribution in [0.4, 0.5) is 10.5 Å². The molecule has 0 bridgehead atoms. The highest BCUT2D eigenvalue weighted by Gasteiger charge is 2.25. The van der Waals surface area contributed by atoms with Crippen molar-refractivity contribution in [2.75, 3.05) is 24.5 Å². The molecular formula is C16H23N3O3. The van der Waals surface area contributed by atoms with Crippen LogP contribution in [0.25, 0.3) is 0 Å². The summed E-state index contributed by atoms with van der Waals surface area (Å²) >= 11 is 0. The maximum atomic E-state index is 12.0. The maximum absolute atomic E-state index is 12.0. The second-order valence-corrected chi connectivity index (χ2v) is 5.58. The van der Waals surface area contributed by atoms with Crippen molar-refractivity contribution in [2.24, 2.45) is 0 Å². The number of nitrogens with zero attached hydrogens (tertiary/aromatic N) is 1. The largest absolute Gasteiger partial charge is 0.487 e. The van der Waals surface area contributed by atoms with E-state index in [1.54, 1.807) is 0 Å². The molecule has 0 saturated carbocycles. The number of hydrogen-bond donors (Lipinski definition) is 2. The summed E-state index contributed by atoms with van der Waals surface area (Å²) in [6, 6.07) is 5.44. The van der Waals surface area contributed by atoms with Gasteiger partial charge in [-0.25, -0.2) is 4.79 Å². The van der Waals surface area contributed by atoms with Gasteiger partial charge in [-0.05, 0) is 38.0 Å². The number of anilines is 1. The number of amides is 3. The van der Waals surface area contributed by atoms with Gasteiger partial charge in [-0.3, -0.25) is 10.1 Å². The van der Waals surface area contributed by atoms with Gasteiger partial charge in [0, 0.05) is 6.54 Å². The number of carbonyl (C=O) groups is 2. The molecule has 2 N–H and O–H groups in total.